The zero-order valence-corrected chi connectivity index (χ0v) is 13.3. The van der Waals surface area contributed by atoms with E-state index >= 15 is 0 Å². The third-order valence-electron chi connectivity index (χ3n) is 2.66. The van der Waals surface area contributed by atoms with E-state index in [1.807, 2.05) is 12.1 Å². The fraction of sp³-hybridized carbons (Fsp3) is 0.188. The van der Waals surface area contributed by atoms with Gasteiger partial charge in [0.05, 0.1) is 17.4 Å². The Morgan fingerprint density at radius 1 is 1.23 bits per heavy atom. The van der Waals surface area contributed by atoms with E-state index in [0.717, 1.165) is 0 Å². The van der Waals surface area contributed by atoms with Crippen LogP contribution in [-0.2, 0) is 4.79 Å². The smallest absolute Gasteiger partial charge is 0.234 e. The maximum Gasteiger partial charge on any atom is 0.234 e. The zero-order chi connectivity index (χ0) is 15.8. The molecule has 0 bridgehead atoms. The summed E-state index contributed by atoms with van der Waals surface area (Å²) in [6, 6.07) is 13.0. The van der Waals surface area contributed by atoms with E-state index < -0.39 is 0 Å². The summed E-state index contributed by atoms with van der Waals surface area (Å²) in [5, 5.41) is 3.20. The van der Waals surface area contributed by atoms with Gasteiger partial charge in [-0.05, 0) is 30.3 Å². The molecular weight excluding hydrogens is 325 g/mol. The normalized spacial score (nSPS) is 10.3. The molecule has 0 saturated carbocycles. The van der Waals surface area contributed by atoms with Gasteiger partial charge in [0.15, 0.2) is 0 Å². The Labute approximate surface area is 137 Å². The molecule has 0 aromatic heterocycles. The molecule has 1 N–H and O–H groups in total. The number of thioether (sulfide) groups is 1. The fourth-order valence-corrected chi connectivity index (χ4v) is 2.49. The Bertz CT molecular complexity index is 639. The molecule has 116 valence electrons. The molecule has 2 rings (SSSR count). The number of halogens is 2. The number of carbonyl (C=O) groups excluding carboxylic acids is 1. The average Bonchev–Trinajstić information content (AvgIpc) is 2.48. The molecule has 0 aliphatic rings. The second kappa shape index (κ2) is 8.66. The highest BCUT2D eigenvalue weighted by Gasteiger charge is 2.04. The summed E-state index contributed by atoms with van der Waals surface area (Å²) >= 11 is 7.40. The molecule has 6 heteroatoms. The minimum atomic E-state index is -0.376. The van der Waals surface area contributed by atoms with E-state index in [2.05, 4.69) is 5.32 Å². The molecule has 0 aliphatic carbocycles. The number of anilines is 1. The van der Waals surface area contributed by atoms with Gasteiger partial charge >= 0.3 is 0 Å². The van der Waals surface area contributed by atoms with Crippen LogP contribution in [0.25, 0.3) is 0 Å². The minimum Gasteiger partial charge on any atom is -0.491 e. The van der Waals surface area contributed by atoms with Crippen molar-refractivity contribution in [1.29, 1.82) is 0 Å². The minimum absolute atomic E-state index is 0.173. The summed E-state index contributed by atoms with van der Waals surface area (Å²) in [5.74, 6) is 1.02. The van der Waals surface area contributed by atoms with Gasteiger partial charge in [-0.3, -0.25) is 4.79 Å². The molecule has 1 amide bonds. The summed E-state index contributed by atoms with van der Waals surface area (Å²) in [4.78, 5) is 11.7. The van der Waals surface area contributed by atoms with Gasteiger partial charge in [0.2, 0.25) is 5.91 Å². The lowest BCUT2D eigenvalue weighted by Crippen LogP contribution is -2.15. The monoisotopic (exact) mass is 339 g/mol. The van der Waals surface area contributed by atoms with Crippen molar-refractivity contribution in [3.63, 3.8) is 0 Å². The van der Waals surface area contributed by atoms with Crippen LogP contribution in [0.3, 0.4) is 0 Å². The van der Waals surface area contributed by atoms with E-state index in [0.29, 0.717) is 28.8 Å². The maximum atomic E-state index is 13.0. The van der Waals surface area contributed by atoms with Crippen molar-refractivity contribution in [3.8, 4) is 5.75 Å². The van der Waals surface area contributed by atoms with E-state index in [9.17, 15) is 9.18 Å². The lowest BCUT2D eigenvalue weighted by molar-refractivity contribution is -0.113. The summed E-state index contributed by atoms with van der Waals surface area (Å²) in [6.07, 6.45) is 0. The molecule has 0 saturated heterocycles. The number of hydrogen-bond donors (Lipinski definition) is 1. The highest BCUT2D eigenvalue weighted by Crippen LogP contribution is 2.23. The maximum absolute atomic E-state index is 13.0. The Morgan fingerprint density at radius 2 is 2.05 bits per heavy atom. The van der Waals surface area contributed by atoms with Crippen molar-refractivity contribution in [2.24, 2.45) is 0 Å². The van der Waals surface area contributed by atoms with Crippen molar-refractivity contribution in [1.82, 2.24) is 0 Å². The van der Waals surface area contributed by atoms with E-state index in [1.54, 1.807) is 24.3 Å². The van der Waals surface area contributed by atoms with Crippen molar-refractivity contribution in [3.05, 3.63) is 59.4 Å². The molecule has 0 aliphatic heterocycles. The Balaban J connectivity index is 1.64. The summed E-state index contributed by atoms with van der Waals surface area (Å²) in [7, 11) is 0. The van der Waals surface area contributed by atoms with Crippen LogP contribution in [0.15, 0.2) is 48.5 Å². The molecule has 0 heterocycles. The summed E-state index contributed by atoms with van der Waals surface area (Å²) in [6.45, 7) is 0.460. The van der Waals surface area contributed by atoms with Crippen LogP contribution in [0.2, 0.25) is 5.02 Å². The van der Waals surface area contributed by atoms with Crippen LogP contribution in [0.1, 0.15) is 0 Å². The van der Waals surface area contributed by atoms with Crippen LogP contribution in [0.5, 0.6) is 5.75 Å². The highest BCUT2D eigenvalue weighted by atomic mass is 35.5. The molecule has 2 aromatic carbocycles. The summed E-state index contributed by atoms with van der Waals surface area (Å²) < 4.78 is 18.5. The third-order valence-corrected chi connectivity index (χ3v) is 3.90. The molecular formula is C16H15ClFNO2S. The number of nitrogens with one attached hydrogen (secondary N) is 1. The van der Waals surface area contributed by atoms with Gasteiger partial charge in [0, 0.05) is 11.4 Å². The first kappa shape index (κ1) is 16.6. The molecule has 22 heavy (non-hydrogen) atoms. The molecule has 0 radical (unpaired) electrons. The van der Waals surface area contributed by atoms with Gasteiger partial charge in [0.25, 0.3) is 0 Å². The standard InChI is InChI=1S/C16H15ClFNO2S/c17-14-6-1-2-7-15(14)21-8-9-22-11-16(20)19-13-5-3-4-12(18)10-13/h1-7,10H,8-9,11H2,(H,19,20). The van der Waals surface area contributed by atoms with Gasteiger partial charge in [-0.15, -0.1) is 11.8 Å². The SMILES string of the molecule is O=C(CSCCOc1ccccc1Cl)Nc1cccc(F)c1. The second-order valence-electron chi connectivity index (χ2n) is 4.39. The quantitative estimate of drug-likeness (QED) is 0.767. The van der Waals surface area contributed by atoms with Gasteiger partial charge in [-0.1, -0.05) is 29.8 Å². The Morgan fingerprint density at radius 3 is 2.82 bits per heavy atom. The first-order chi connectivity index (χ1) is 10.6. The van der Waals surface area contributed by atoms with E-state index in [4.69, 9.17) is 16.3 Å². The topological polar surface area (TPSA) is 38.3 Å². The predicted octanol–water partition coefficient (Wildman–Crippen LogP) is 4.23. The van der Waals surface area contributed by atoms with Crippen LogP contribution >= 0.6 is 23.4 Å². The van der Waals surface area contributed by atoms with Crippen molar-refractivity contribution in [2.75, 3.05) is 23.4 Å². The lowest BCUT2D eigenvalue weighted by Gasteiger charge is -2.08. The van der Waals surface area contributed by atoms with Crippen LogP contribution in [-0.4, -0.2) is 24.0 Å². The van der Waals surface area contributed by atoms with Crippen LogP contribution < -0.4 is 10.1 Å². The molecule has 2 aromatic rings. The number of rotatable bonds is 7. The molecule has 0 unspecified atom stereocenters. The largest absolute Gasteiger partial charge is 0.491 e. The number of carbonyl (C=O) groups is 1. The van der Waals surface area contributed by atoms with Crippen molar-refractivity contribution in [2.45, 2.75) is 0 Å². The summed E-state index contributed by atoms with van der Waals surface area (Å²) in [5.41, 5.74) is 0.456. The molecule has 0 spiro atoms. The number of hydrogen-bond acceptors (Lipinski definition) is 3. The first-order valence-corrected chi connectivity index (χ1v) is 8.19. The third kappa shape index (κ3) is 5.58. The number of amides is 1. The zero-order valence-electron chi connectivity index (χ0n) is 11.7. The lowest BCUT2D eigenvalue weighted by atomic mass is 10.3. The Hall–Kier alpha value is -1.72. The van der Waals surface area contributed by atoms with Crippen LogP contribution in [0.4, 0.5) is 10.1 Å². The molecule has 0 fully saturated rings. The second-order valence-corrected chi connectivity index (χ2v) is 5.90. The predicted molar refractivity (Wildman–Crippen MR) is 89.3 cm³/mol. The number of ether oxygens (including phenoxy) is 1. The number of benzene rings is 2. The van der Waals surface area contributed by atoms with Crippen molar-refractivity contribution < 1.29 is 13.9 Å². The Kier molecular flexibility index (Phi) is 6.55. The van der Waals surface area contributed by atoms with Gasteiger partial charge in [-0.25, -0.2) is 4.39 Å². The van der Waals surface area contributed by atoms with E-state index in [1.165, 1.54) is 23.9 Å². The number of para-hydroxylation sites is 1. The van der Waals surface area contributed by atoms with Crippen LogP contribution in [0, 0.1) is 5.82 Å². The van der Waals surface area contributed by atoms with Gasteiger partial charge in [0.1, 0.15) is 11.6 Å². The highest BCUT2D eigenvalue weighted by molar-refractivity contribution is 7.99. The fourth-order valence-electron chi connectivity index (χ4n) is 1.70. The molecule has 3 nitrogen and oxygen atoms in total. The molecule has 0 atom stereocenters. The van der Waals surface area contributed by atoms with E-state index in [-0.39, 0.29) is 17.5 Å². The first-order valence-electron chi connectivity index (χ1n) is 6.65. The van der Waals surface area contributed by atoms with Gasteiger partial charge < -0.3 is 10.1 Å². The van der Waals surface area contributed by atoms with Gasteiger partial charge in [-0.2, -0.15) is 0 Å². The van der Waals surface area contributed by atoms with Crippen molar-refractivity contribution >= 4 is 35.0 Å². The average molecular weight is 340 g/mol.